The Kier molecular flexibility index (Phi) is 4.71. The maximum absolute atomic E-state index is 6.41. The van der Waals surface area contributed by atoms with E-state index in [9.17, 15) is 0 Å². The molecule has 1 aromatic carbocycles. The van der Waals surface area contributed by atoms with E-state index < -0.39 is 0 Å². The van der Waals surface area contributed by atoms with Gasteiger partial charge in [-0.05, 0) is 42.9 Å². The average molecular weight is 277 g/mol. The second-order valence-corrected chi connectivity index (χ2v) is 6.65. The summed E-state index contributed by atoms with van der Waals surface area (Å²) in [7, 11) is 0. The molecule has 0 heterocycles. The first-order valence-corrected chi connectivity index (χ1v) is 7.55. The van der Waals surface area contributed by atoms with Gasteiger partial charge in [0.2, 0.25) is 0 Å². The van der Waals surface area contributed by atoms with E-state index in [0.29, 0.717) is 12.7 Å². The van der Waals surface area contributed by atoms with Gasteiger partial charge >= 0.3 is 0 Å². The molecule has 0 aliphatic heterocycles. The Bertz CT molecular complexity index is 418. The van der Waals surface area contributed by atoms with E-state index in [2.05, 4.69) is 32.9 Å². The van der Waals surface area contributed by atoms with Gasteiger partial charge in [0, 0.05) is 6.61 Å². The van der Waals surface area contributed by atoms with Crippen molar-refractivity contribution in [1.29, 1.82) is 0 Å². The van der Waals surface area contributed by atoms with Gasteiger partial charge in [-0.25, -0.2) is 0 Å². The van der Waals surface area contributed by atoms with E-state index in [1.165, 1.54) is 12.8 Å². The van der Waals surface area contributed by atoms with Crippen molar-refractivity contribution in [3.63, 3.8) is 0 Å². The smallest absolute Gasteiger partial charge is 0.119 e. The molecule has 1 aliphatic rings. The zero-order chi connectivity index (χ0) is 14.8. The summed E-state index contributed by atoms with van der Waals surface area (Å²) in [4.78, 5) is 0. The molecule has 3 nitrogen and oxygen atoms in total. The summed E-state index contributed by atoms with van der Waals surface area (Å²) in [5, 5.41) is 0. The maximum atomic E-state index is 6.41. The standard InChI is InChI=1S/C17H27NO2/c1-5-19-16(17(2,3)4)15(18)12-6-8-13(9-7-12)20-14-10-11-14/h6-9,14-16H,5,10-11,18H2,1-4H3. The van der Waals surface area contributed by atoms with Crippen LogP contribution in [0.2, 0.25) is 0 Å². The van der Waals surface area contributed by atoms with Crippen LogP contribution in [0.4, 0.5) is 0 Å². The number of nitrogens with two attached hydrogens (primary N) is 1. The molecule has 1 fully saturated rings. The molecule has 2 N–H and O–H groups in total. The van der Waals surface area contributed by atoms with Crippen LogP contribution in [-0.4, -0.2) is 18.8 Å². The zero-order valence-corrected chi connectivity index (χ0v) is 13.1. The third-order valence-electron chi connectivity index (χ3n) is 3.62. The van der Waals surface area contributed by atoms with E-state index in [4.69, 9.17) is 15.2 Å². The minimum atomic E-state index is -0.120. The zero-order valence-electron chi connectivity index (χ0n) is 13.1. The molecule has 2 rings (SSSR count). The SMILES string of the molecule is CCOC(C(N)c1ccc(OC2CC2)cc1)C(C)(C)C. The molecule has 0 amide bonds. The number of rotatable bonds is 6. The molecule has 0 radical (unpaired) electrons. The predicted molar refractivity (Wildman–Crippen MR) is 81.9 cm³/mol. The second-order valence-electron chi connectivity index (χ2n) is 6.65. The Morgan fingerprint density at radius 1 is 1.20 bits per heavy atom. The summed E-state index contributed by atoms with van der Waals surface area (Å²) in [6.45, 7) is 9.18. The predicted octanol–water partition coefficient (Wildman–Crippen LogP) is 3.68. The van der Waals surface area contributed by atoms with Crippen LogP contribution in [0, 0.1) is 5.41 Å². The molecule has 0 spiro atoms. The summed E-state index contributed by atoms with van der Waals surface area (Å²) in [6.07, 6.45) is 2.79. The van der Waals surface area contributed by atoms with Crippen LogP contribution in [-0.2, 0) is 4.74 Å². The molecular formula is C17H27NO2. The molecule has 112 valence electrons. The highest BCUT2D eigenvalue weighted by Crippen LogP contribution is 2.33. The lowest BCUT2D eigenvalue weighted by atomic mass is 9.82. The van der Waals surface area contributed by atoms with Crippen LogP contribution in [0.5, 0.6) is 5.75 Å². The van der Waals surface area contributed by atoms with Crippen molar-refractivity contribution < 1.29 is 9.47 Å². The lowest BCUT2D eigenvalue weighted by Crippen LogP contribution is -2.39. The number of hydrogen-bond acceptors (Lipinski definition) is 3. The van der Waals surface area contributed by atoms with Crippen LogP contribution in [0.15, 0.2) is 24.3 Å². The van der Waals surface area contributed by atoms with E-state index >= 15 is 0 Å². The molecular weight excluding hydrogens is 250 g/mol. The first kappa shape index (κ1) is 15.3. The lowest BCUT2D eigenvalue weighted by Gasteiger charge is -2.35. The van der Waals surface area contributed by atoms with Gasteiger partial charge in [0.05, 0.1) is 18.2 Å². The van der Waals surface area contributed by atoms with Crippen molar-refractivity contribution in [1.82, 2.24) is 0 Å². The van der Waals surface area contributed by atoms with Crippen molar-refractivity contribution in [3.05, 3.63) is 29.8 Å². The summed E-state index contributed by atoms with van der Waals surface area (Å²) in [5.41, 5.74) is 7.52. The van der Waals surface area contributed by atoms with Crippen molar-refractivity contribution in [2.75, 3.05) is 6.61 Å². The fraction of sp³-hybridized carbons (Fsp3) is 0.647. The second kappa shape index (κ2) is 6.15. The van der Waals surface area contributed by atoms with Gasteiger partial charge in [0.25, 0.3) is 0 Å². The van der Waals surface area contributed by atoms with Gasteiger partial charge < -0.3 is 15.2 Å². The number of hydrogen-bond donors (Lipinski definition) is 1. The van der Waals surface area contributed by atoms with Crippen molar-refractivity contribution in [2.24, 2.45) is 11.1 Å². The van der Waals surface area contributed by atoms with Gasteiger partial charge in [-0.2, -0.15) is 0 Å². The van der Waals surface area contributed by atoms with Crippen LogP contribution in [0.25, 0.3) is 0 Å². The Morgan fingerprint density at radius 2 is 1.80 bits per heavy atom. The molecule has 0 aromatic heterocycles. The van der Waals surface area contributed by atoms with E-state index in [1.807, 2.05) is 19.1 Å². The lowest BCUT2D eigenvalue weighted by molar-refractivity contribution is -0.0283. The van der Waals surface area contributed by atoms with E-state index in [0.717, 1.165) is 11.3 Å². The molecule has 3 heteroatoms. The van der Waals surface area contributed by atoms with Gasteiger partial charge in [0.15, 0.2) is 0 Å². The molecule has 1 saturated carbocycles. The molecule has 0 bridgehead atoms. The molecule has 20 heavy (non-hydrogen) atoms. The first-order valence-electron chi connectivity index (χ1n) is 7.55. The summed E-state index contributed by atoms with van der Waals surface area (Å²) < 4.78 is 11.6. The molecule has 2 atom stereocenters. The number of ether oxygens (including phenoxy) is 2. The topological polar surface area (TPSA) is 44.5 Å². The van der Waals surface area contributed by atoms with E-state index in [1.54, 1.807) is 0 Å². The normalized spacial score (nSPS) is 18.6. The highest BCUT2D eigenvalue weighted by Gasteiger charge is 2.31. The van der Waals surface area contributed by atoms with Crippen LogP contribution in [0.1, 0.15) is 52.1 Å². The minimum absolute atomic E-state index is 0.00250. The van der Waals surface area contributed by atoms with Crippen molar-refractivity contribution in [2.45, 2.75) is 58.8 Å². The first-order chi connectivity index (χ1) is 9.41. The third-order valence-corrected chi connectivity index (χ3v) is 3.62. The van der Waals surface area contributed by atoms with Gasteiger partial charge in [-0.1, -0.05) is 32.9 Å². The Labute approximate surface area is 122 Å². The van der Waals surface area contributed by atoms with E-state index in [-0.39, 0.29) is 17.6 Å². The Morgan fingerprint density at radius 3 is 2.25 bits per heavy atom. The third kappa shape index (κ3) is 3.97. The highest BCUT2D eigenvalue weighted by molar-refractivity contribution is 5.30. The quantitative estimate of drug-likeness (QED) is 0.862. The maximum Gasteiger partial charge on any atom is 0.119 e. The largest absolute Gasteiger partial charge is 0.490 e. The average Bonchev–Trinajstić information content (AvgIpc) is 3.19. The monoisotopic (exact) mass is 277 g/mol. The fourth-order valence-corrected chi connectivity index (χ4v) is 2.39. The van der Waals surface area contributed by atoms with Gasteiger partial charge in [-0.3, -0.25) is 0 Å². The van der Waals surface area contributed by atoms with Crippen molar-refractivity contribution in [3.8, 4) is 5.75 Å². The molecule has 1 aromatic rings. The fourth-order valence-electron chi connectivity index (χ4n) is 2.39. The Hall–Kier alpha value is -1.06. The van der Waals surface area contributed by atoms with Crippen LogP contribution < -0.4 is 10.5 Å². The summed E-state index contributed by atoms with van der Waals surface area (Å²) in [5.74, 6) is 0.937. The molecule has 1 aliphatic carbocycles. The highest BCUT2D eigenvalue weighted by atomic mass is 16.5. The van der Waals surface area contributed by atoms with Crippen molar-refractivity contribution >= 4 is 0 Å². The van der Waals surface area contributed by atoms with Crippen LogP contribution in [0.3, 0.4) is 0 Å². The summed E-state index contributed by atoms with van der Waals surface area (Å²) in [6, 6.07) is 8.02. The molecule has 0 saturated heterocycles. The summed E-state index contributed by atoms with van der Waals surface area (Å²) >= 11 is 0. The minimum Gasteiger partial charge on any atom is -0.490 e. The van der Waals surface area contributed by atoms with Gasteiger partial charge in [0.1, 0.15) is 5.75 Å². The van der Waals surface area contributed by atoms with Gasteiger partial charge in [-0.15, -0.1) is 0 Å². The Balaban J connectivity index is 2.07. The number of benzene rings is 1. The molecule has 2 unspecified atom stereocenters. The van der Waals surface area contributed by atoms with Crippen LogP contribution >= 0.6 is 0 Å².